The molecule has 57 heavy (non-hydrogen) atoms. The second-order valence-corrected chi connectivity index (χ2v) is 16.7. The minimum atomic E-state index is -1.15. The predicted octanol–water partition coefficient (Wildman–Crippen LogP) is 7.28. The van der Waals surface area contributed by atoms with Gasteiger partial charge in [0.05, 0.1) is 42.7 Å². The van der Waals surface area contributed by atoms with Crippen molar-refractivity contribution in [3.05, 3.63) is 96.7 Å². The third-order valence-corrected chi connectivity index (χ3v) is 12.2. The van der Waals surface area contributed by atoms with Crippen molar-refractivity contribution in [3.63, 3.8) is 0 Å². The van der Waals surface area contributed by atoms with Gasteiger partial charge in [-0.25, -0.2) is 4.79 Å². The van der Waals surface area contributed by atoms with Crippen LogP contribution in [0.2, 0.25) is 0 Å². The Balaban J connectivity index is 1.26. The Morgan fingerprint density at radius 3 is 2.28 bits per heavy atom. The lowest BCUT2D eigenvalue weighted by Crippen LogP contribution is -2.50. The smallest absolute Gasteiger partial charge is 0.331 e. The number of ether oxygens (including phenoxy) is 6. The molecule has 8 rings (SSSR count). The van der Waals surface area contributed by atoms with E-state index in [-0.39, 0.29) is 73.2 Å². The summed E-state index contributed by atoms with van der Waals surface area (Å²) in [6, 6.07) is 0. The number of aliphatic hydroxyl groups is 2. The molecule has 312 valence electrons. The van der Waals surface area contributed by atoms with Gasteiger partial charge in [0, 0.05) is 37.2 Å². The molecular formula is C47H64O10. The summed E-state index contributed by atoms with van der Waals surface area (Å²) in [7, 11) is 0. The van der Waals surface area contributed by atoms with Gasteiger partial charge in [-0.1, -0.05) is 100 Å². The van der Waals surface area contributed by atoms with Gasteiger partial charge in [-0.2, -0.15) is 0 Å². The zero-order chi connectivity index (χ0) is 40.3. The molecule has 10 heteroatoms. The summed E-state index contributed by atoms with van der Waals surface area (Å²) < 4.78 is 37.8. The molecule has 2 N–H and O–H groups in total. The van der Waals surface area contributed by atoms with Crippen LogP contribution in [-0.2, 0) is 38.0 Å². The first-order valence-corrected chi connectivity index (χ1v) is 21.3. The molecule has 0 radical (unpaired) electrons. The topological polar surface area (TPSA) is 130 Å². The van der Waals surface area contributed by atoms with Gasteiger partial charge in [0.25, 0.3) is 0 Å². The van der Waals surface area contributed by atoms with Crippen molar-refractivity contribution >= 4 is 11.9 Å². The van der Waals surface area contributed by atoms with Gasteiger partial charge in [-0.05, 0) is 69.1 Å². The first-order valence-electron chi connectivity index (χ1n) is 21.3. The SMILES string of the molecule is C/C1=C\[C@H](C)CCCCC(=O)O[C@H]2/C=C/CC/C=C/C[C@H]3C=C[C@@H](OC(=O)\C=C/C=C\C=C\[C@H]4O[C@@H]5C[C@H]4O[C@@H](/C=C/C[C@H]4O[C@H](C[C@H](O)[C@H]4C)[C@H]2O)[C@@H]5C)[C@H]1O3. The van der Waals surface area contributed by atoms with E-state index in [0.717, 1.165) is 31.3 Å². The number of esters is 2. The summed E-state index contributed by atoms with van der Waals surface area (Å²) >= 11 is 0. The average molecular weight is 789 g/mol. The highest BCUT2D eigenvalue weighted by Crippen LogP contribution is 2.38. The van der Waals surface area contributed by atoms with Crippen LogP contribution in [0.3, 0.4) is 0 Å². The van der Waals surface area contributed by atoms with Crippen LogP contribution in [0.4, 0.5) is 0 Å². The van der Waals surface area contributed by atoms with E-state index < -0.39 is 42.6 Å². The average Bonchev–Trinajstić information content (AvgIpc) is 3.53. The monoisotopic (exact) mass is 788 g/mol. The molecule has 15 atom stereocenters. The number of fused-ring (bicyclic) bond motifs is 8. The van der Waals surface area contributed by atoms with E-state index >= 15 is 0 Å². The van der Waals surface area contributed by atoms with Gasteiger partial charge >= 0.3 is 11.9 Å². The van der Waals surface area contributed by atoms with Gasteiger partial charge in [0.15, 0.2) is 6.10 Å². The Hall–Kier alpha value is -3.38. The maximum Gasteiger partial charge on any atom is 0.331 e. The molecule has 3 saturated heterocycles. The molecule has 0 unspecified atom stereocenters. The predicted molar refractivity (Wildman–Crippen MR) is 218 cm³/mol. The fourth-order valence-electron chi connectivity index (χ4n) is 8.68. The molecule has 0 aromatic carbocycles. The number of allylic oxidation sites excluding steroid dienone is 7. The lowest BCUT2D eigenvalue weighted by molar-refractivity contribution is -0.185. The van der Waals surface area contributed by atoms with Gasteiger partial charge in [0.2, 0.25) is 0 Å². The van der Waals surface area contributed by atoms with Crippen molar-refractivity contribution in [2.24, 2.45) is 17.8 Å². The van der Waals surface area contributed by atoms with E-state index in [1.807, 2.05) is 50.3 Å². The van der Waals surface area contributed by atoms with Crippen molar-refractivity contribution in [1.29, 1.82) is 0 Å². The Labute approximate surface area is 339 Å². The highest BCUT2D eigenvalue weighted by Gasteiger charge is 2.46. The number of hydrogen-bond acceptors (Lipinski definition) is 10. The fraction of sp³-hybridized carbons (Fsp3) is 0.617. The highest BCUT2D eigenvalue weighted by atomic mass is 16.6. The Morgan fingerprint density at radius 1 is 0.632 bits per heavy atom. The molecule has 8 heterocycles. The summed E-state index contributed by atoms with van der Waals surface area (Å²) in [4.78, 5) is 26.2. The highest BCUT2D eigenvalue weighted by molar-refractivity contribution is 5.82. The Morgan fingerprint density at radius 2 is 1.42 bits per heavy atom. The Kier molecular flexibility index (Phi) is 16.0. The van der Waals surface area contributed by atoms with E-state index in [1.54, 1.807) is 18.2 Å². The summed E-state index contributed by atoms with van der Waals surface area (Å²) in [6.07, 6.45) is 29.6. The van der Waals surface area contributed by atoms with Crippen LogP contribution in [0.5, 0.6) is 0 Å². The number of hydrogen-bond donors (Lipinski definition) is 2. The van der Waals surface area contributed by atoms with Crippen LogP contribution in [0.15, 0.2) is 96.7 Å². The molecule has 8 aliphatic rings. The van der Waals surface area contributed by atoms with E-state index in [9.17, 15) is 19.8 Å². The van der Waals surface area contributed by atoms with Crippen LogP contribution in [-0.4, -0.2) is 95.4 Å². The number of aliphatic hydroxyl groups excluding tert-OH is 2. The third kappa shape index (κ3) is 12.1. The first kappa shape index (κ1) is 43.2. The molecule has 0 aliphatic carbocycles. The second-order valence-electron chi connectivity index (χ2n) is 16.7. The van der Waals surface area contributed by atoms with E-state index in [1.165, 1.54) is 6.08 Å². The van der Waals surface area contributed by atoms with Gasteiger partial charge in [0.1, 0.15) is 24.4 Å². The number of carbonyl (C=O) groups is 2. The van der Waals surface area contributed by atoms with E-state index in [4.69, 9.17) is 28.4 Å². The molecule has 3 fully saturated rings. The minimum Gasteiger partial charge on any atom is -0.455 e. The molecule has 10 nitrogen and oxygen atoms in total. The van der Waals surface area contributed by atoms with Crippen molar-refractivity contribution in [1.82, 2.24) is 0 Å². The third-order valence-electron chi connectivity index (χ3n) is 12.2. The molecule has 0 saturated carbocycles. The zero-order valence-electron chi connectivity index (χ0n) is 34.1. The maximum absolute atomic E-state index is 13.2. The number of rotatable bonds is 0. The standard InChI is InChI=1S/C47H64O10/c1-30-17-14-15-24-44(49)56-39-20-12-7-5-6-10-18-34-25-26-40(47(52-34)31(2)27-30)57-45(50)23-13-9-8-11-19-38-42-29-41(55-38)33(4)37(53-42)22-16-21-36-32(3)35(48)28-43(54-36)46(39)51/h6,8-13,16,19-20,22-23,25-27,30,32-43,46-48,51H,5,7,14-15,17-18,21,24,28-29H2,1-4H3/b9-8-,10-6+,19-11+,20-12+,22-16+,23-13-,31-27+/t30-,32-,33+,34+,35+,36-,37+,38-,39+,40-,41-,42-,43-,46+,47+/m1/s1. The molecule has 0 aromatic heterocycles. The normalized spacial score (nSPS) is 45.6. The van der Waals surface area contributed by atoms with Crippen LogP contribution in [0.1, 0.15) is 91.9 Å². The van der Waals surface area contributed by atoms with Crippen molar-refractivity contribution < 1.29 is 48.2 Å². The molecule has 0 amide bonds. The van der Waals surface area contributed by atoms with Crippen molar-refractivity contribution in [2.75, 3.05) is 0 Å². The van der Waals surface area contributed by atoms with Crippen LogP contribution < -0.4 is 0 Å². The van der Waals surface area contributed by atoms with Crippen molar-refractivity contribution in [2.45, 2.75) is 165 Å². The van der Waals surface area contributed by atoms with Crippen LogP contribution in [0, 0.1) is 17.8 Å². The fourth-order valence-corrected chi connectivity index (χ4v) is 8.68. The molecule has 0 spiro atoms. The van der Waals surface area contributed by atoms with Gasteiger partial charge in [-0.3, -0.25) is 4.79 Å². The molecule has 9 bridgehead atoms. The Bertz CT molecular complexity index is 1590. The van der Waals surface area contributed by atoms with E-state index in [2.05, 4.69) is 44.2 Å². The molecular weight excluding hydrogens is 725 g/mol. The lowest BCUT2D eigenvalue weighted by Gasteiger charge is -2.41. The van der Waals surface area contributed by atoms with Gasteiger partial charge in [-0.15, -0.1) is 0 Å². The summed E-state index contributed by atoms with van der Waals surface area (Å²) in [5, 5.41) is 22.8. The lowest BCUT2D eigenvalue weighted by atomic mass is 9.85. The quantitative estimate of drug-likeness (QED) is 0.191. The summed E-state index contributed by atoms with van der Waals surface area (Å²) in [5.41, 5.74) is 0.990. The van der Waals surface area contributed by atoms with E-state index in [0.29, 0.717) is 25.7 Å². The zero-order valence-corrected chi connectivity index (χ0v) is 34.1. The van der Waals surface area contributed by atoms with Crippen molar-refractivity contribution in [3.8, 4) is 0 Å². The van der Waals surface area contributed by atoms with Gasteiger partial charge < -0.3 is 38.6 Å². The minimum absolute atomic E-state index is 0.0586. The van der Waals surface area contributed by atoms with Crippen LogP contribution in [0.25, 0.3) is 0 Å². The first-order chi connectivity index (χ1) is 27.5. The number of carbonyl (C=O) groups excluding carboxylic acids is 2. The summed E-state index contributed by atoms with van der Waals surface area (Å²) in [6.45, 7) is 8.26. The van der Waals surface area contributed by atoms with Crippen LogP contribution >= 0.6 is 0 Å². The summed E-state index contributed by atoms with van der Waals surface area (Å²) in [5.74, 6) is -0.648. The largest absolute Gasteiger partial charge is 0.455 e. The second kappa shape index (κ2) is 21.0. The maximum atomic E-state index is 13.2. The molecule has 0 aromatic rings. The molecule has 8 aliphatic heterocycles.